The molecular formula is C21H28ClFN2O. The summed E-state index contributed by atoms with van der Waals surface area (Å²) in [4.78, 5) is 20.2. The van der Waals surface area contributed by atoms with E-state index in [1.807, 2.05) is 0 Å². The van der Waals surface area contributed by atoms with E-state index in [1.165, 1.54) is 18.4 Å². The number of ketones is 1. The highest BCUT2D eigenvalue weighted by atomic mass is 35.5. The lowest BCUT2D eigenvalue weighted by molar-refractivity contribution is -0.113. The summed E-state index contributed by atoms with van der Waals surface area (Å²) in [7, 11) is 0. The minimum Gasteiger partial charge on any atom is -0.295 e. The summed E-state index contributed by atoms with van der Waals surface area (Å²) < 4.78 is 14.1. The first-order valence-electron chi connectivity index (χ1n) is 9.34. The van der Waals surface area contributed by atoms with Gasteiger partial charge in [0.2, 0.25) is 5.28 Å². The van der Waals surface area contributed by atoms with Gasteiger partial charge in [-0.05, 0) is 67.7 Å². The van der Waals surface area contributed by atoms with Gasteiger partial charge in [0, 0.05) is 5.57 Å². The third-order valence-corrected chi connectivity index (χ3v) is 5.69. The molecule has 1 saturated carbocycles. The number of carbonyl (C=O) groups excluding carboxylic acids is 1. The molecule has 0 radical (unpaired) electrons. The van der Waals surface area contributed by atoms with Gasteiger partial charge in [-0.1, -0.05) is 39.2 Å². The van der Waals surface area contributed by atoms with Crippen LogP contribution in [-0.4, -0.2) is 15.8 Å². The number of nitrogens with zero attached hydrogens (tertiary/aromatic N) is 2. The molecule has 142 valence electrons. The molecule has 0 atom stereocenters. The van der Waals surface area contributed by atoms with Crippen molar-refractivity contribution in [3.05, 3.63) is 40.2 Å². The first-order chi connectivity index (χ1) is 12.2. The SMILES string of the molecule is CCC1(/C(=C(/C=C(\C)c2nc(Cl)ncc2F)C(C)=O)C(C)C)CCCC1. The van der Waals surface area contributed by atoms with E-state index in [4.69, 9.17) is 11.6 Å². The molecule has 5 heteroatoms. The number of carbonyl (C=O) groups is 1. The molecule has 0 amide bonds. The quantitative estimate of drug-likeness (QED) is 0.337. The summed E-state index contributed by atoms with van der Waals surface area (Å²) in [5, 5.41) is -0.00703. The second-order valence-corrected chi connectivity index (χ2v) is 7.88. The van der Waals surface area contributed by atoms with Gasteiger partial charge in [-0.3, -0.25) is 4.79 Å². The normalized spacial score (nSPS) is 18.2. The van der Waals surface area contributed by atoms with Crippen molar-refractivity contribution < 1.29 is 9.18 Å². The number of hydrogen-bond donors (Lipinski definition) is 0. The zero-order valence-corrected chi connectivity index (χ0v) is 17.1. The van der Waals surface area contributed by atoms with Gasteiger partial charge in [0.15, 0.2) is 11.6 Å². The van der Waals surface area contributed by atoms with E-state index >= 15 is 0 Å². The van der Waals surface area contributed by atoms with Crippen LogP contribution < -0.4 is 0 Å². The van der Waals surface area contributed by atoms with E-state index in [-0.39, 0.29) is 28.1 Å². The Bertz CT molecular complexity index is 746. The molecule has 3 nitrogen and oxygen atoms in total. The lowest BCUT2D eigenvalue weighted by atomic mass is 9.69. The average molecular weight is 379 g/mol. The molecule has 1 aliphatic rings. The Morgan fingerprint density at radius 2 is 1.96 bits per heavy atom. The molecule has 1 heterocycles. The van der Waals surface area contributed by atoms with Crippen LogP contribution in [0.1, 0.15) is 72.4 Å². The van der Waals surface area contributed by atoms with Gasteiger partial charge >= 0.3 is 0 Å². The maximum Gasteiger partial charge on any atom is 0.223 e. The predicted octanol–water partition coefficient (Wildman–Crippen LogP) is 6.18. The molecule has 0 N–H and O–H groups in total. The minimum absolute atomic E-state index is 0.00703. The van der Waals surface area contributed by atoms with E-state index in [2.05, 4.69) is 30.7 Å². The van der Waals surface area contributed by atoms with Crippen LogP contribution in [0, 0.1) is 17.2 Å². The van der Waals surface area contributed by atoms with Gasteiger partial charge in [-0.2, -0.15) is 0 Å². The highest BCUT2D eigenvalue weighted by Crippen LogP contribution is 2.50. The Labute approximate surface area is 160 Å². The van der Waals surface area contributed by atoms with Gasteiger partial charge in [-0.15, -0.1) is 0 Å². The van der Waals surface area contributed by atoms with Gasteiger partial charge in [-0.25, -0.2) is 14.4 Å². The number of aromatic nitrogens is 2. The summed E-state index contributed by atoms with van der Waals surface area (Å²) in [6, 6.07) is 0. The number of allylic oxidation sites excluding steroid dienone is 4. The van der Waals surface area contributed by atoms with Crippen LogP contribution in [0.25, 0.3) is 5.57 Å². The fourth-order valence-corrected chi connectivity index (χ4v) is 4.48. The van der Waals surface area contributed by atoms with Gasteiger partial charge in [0.05, 0.1) is 6.20 Å². The molecule has 0 bridgehead atoms. The molecule has 0 unspecified atom stereocenters. The molecule has 2 rings (SSSR count). The van der Waals surface area contributed by atoms with Gasteiger partial charge in [0.1, 0.15) is 5.69 Å². The maximum atomic E-state index is 14.1. The Balaban J connectivity index is 2.66. The van der Waals surface area contributed by atoms with Crippen molar-refractivity contribution in [3.63, 3.8) is 0 Å². The van der Waals surface area contributed by atoms with Crippen molar-refractivity contribution in [1.82, 2.24) is 9.97 Å². The Kier molecular flexibility index (Phi) is 6.73. The highest BCUT2D eigenvalue weighted by Gasteiger charge is 2.38. The van der Waals surface area contributed by atoms with Gasteiger partial charge in [0.25, 0.3) is 0 Å². The maximum absolute atomic E-state index is 14.1. The topological polar surface area (TPSA) is 42.9 Å². The second-order valence-electron chi connectivity index (χ2n) is 7.54. The third kappa shape index (κ3) is 4.22. The summed E-state index contributed by atoms with van der Waals surface area (Å²) >= 11 is 5.83. The second kappa shape index (κ2) is 8.43. The van der Waals surface area contributed by atoms with Crippen molar-refractivity contribution >= 4 is 23.0 Å². The molecule has 1 aliphatic carbocycles. The molecule has 1 aromatic rings. The molecule has 0 aromatic carbocycles. The van der Waals surface area contributed by atoms with Gasteiger partial charge < -0.3 is 0 Å². The van der Waals surface area contributed by atoms with Crippen LogP contribution in [0.5, 0.6) is 0 Å². The summed E-state index contributed by atoms with van der Waals surface area (Å²) in [6.45, 7) is 9.82. The fourth-order valence-electron chi connectivity index (χ4n) is 4.35. The number of Topliss-reactive ketones (excluding diaryl/α,β-unsaturated/α-hetero) is 1. The van der Waals surface area contributed by atoms with Crippen LogP contribution in [0.2, 0.25) is 5.28 Å². The molecule has 0 aliphatic heterocycles. The van der Waals surface area contributed by atoms with Crippen molar-refractivity contribution in [2.45, 2.75) is 66.7 Å². The highest BCUT2D eigenvalue weighted by molar-refractivity contribution is 6.28. The Morgan fingerprint density at radius 1 is 1.35 bits per heavy atom. The zero-order valence-electron chi connectivity index (χ0n) is 16.3. The van der Waals surface area contributed by atoms with E-state index in [0.29, 0.717) is 11.1 Å². The minimum atomic E-state index is -0.539. The fraction of sp³-hybridized carbons (Fsp3) is 0.571. The van der Waals surface area contributed by atoms with Crippen molar-refractivity contribution in [1.29, 1.82) is 0 Å². The molecule has 1 fully saturated rings. The van der Waals surface area contributed by atoms with Crippen molar-refractivity contribution in [3.8, 4) is 0 Å². The first kappa shape index (κ1) is 20.8. The van der Waals surface area contributed by atoms with Crippen molar-refractivity contribution in [2.24, 2.45) is 11.3 Å². The lowest BCUT2D eigenvalue weighted by Gasteiger charge is -2.35. The van der Waals surface area contributed by atoms with Crippen LogP contribution in [0.15, 0.2) is 23.4 Å². The monoisotopic (exact) mass is 378 g/mol. The number of hydrogen-bond acceptors (Lipinski definition) is 3. The Hall–Kier alpha value is -1.55. The first-order valence-corrected chi connectivity index (χ1v) is 9.72. The molecule has 0 spiro atoms. The standard InChI is InChI=1S/C21H28ClFN2O/c1-6-21(9-7-8-10-21)18(13(2)3)16(15(5)26)11-14(4)19-17(23)12-24-20(22)25-19/h11-13H,6-10H2,1-5H3/b14-11+,18-16-. The largest absolute Gasteiger partial charge is 0.295 e. The lowest BCUT2D eigenvalue weighted by Crippen LogP contribution is -2.25. The molecule has 0 saturated heterocycles. The van der Waals surface area contributed by atoms with E-state index in [0.717, 1.165) is 25.5 Å². The third-order valence-electron chi connectivity index (χ3n) is 5.50. The Morgan fingerprint density at radius 3 is 2.46 bits per heavy atom. The van der Waals surface area contributed by atoms with E-state index in [9.17, 15) is 9.18 Å². The molecule has 26 heavy (non-hydrogen) atoms. The summed E-state index contributed by atoms with van der Waals surface area (Å²) in [5.74, 6) is -0.286. The van der Waals surface area contributed by atoms with E-state index in [1.54, 1.807) is 19.9 Å². The number of halogens is 2. The van der Waals surface area contributed by atoms with Crippen molar-refractivity contribution in [2.75, 3.05) is 0 Å². The predicted molar refractivity (Wildman–Crippen MR) is 104 cm³/mol. The molecular weight excluding hydrogens is 351 g/mol. The average Bonchev–Trinajstić information content (AvgIpc) is 3.05. The smallest absolute Gasteiger partial charge is 0.223 e. The van der Waals surface area contributed by atoms with Crippen LogP contribution in [0.3, 0.4) is 0 Å². The number of rotatable bonds is 6. The zero-order chi connectivity index (χ0) is 19.5. The molecule has 1 aromatic heterocycles. The van der Waals surface area contributed by atoms with Crippen LogP contribution in [-0.2, 0) is 4.79 Å². The van der Waals surface area contributed by atoms with Crippen LogP contribution in [0.4, 0.5) is 4.39 Å². The van der Waals surface area contributed by atoms with E-state index < -0.39 is 5.82 Å². The summed E-state index contributed by atoms with van der Waals surface area (Å²) in [6.07, 6.45) is 8.45. The van der Waals surface area contributed by atoms with Crippen LogP contribution >= 0.6 is 11.6 Å². The summed E-state index contributed by atoms with van der Waals surface area (Å²) in [5.41, 5.74) is 2.68.